The fraction of sp³-hybridized carbons (Fsp3) is 0.800. The summed E-state index contributed by atoms with van der Waals surface area (Å²) in [5.74, 6) is 0. The summed E-state index contributed by atoms with van der Waals surface area (Å²) in [7, 11) is 3.89. The lowest BCUT2D eigenvalue weighted by Gasteiger charge is -2.39. The molecule has 3 fully saturated rings. The van der Waals surface area contributed by atoms with Gasteiger partial charge in [-0.2, -0.15) is 0 Å². The molecule has 3 rings (SSSR count). The summed E-state index contributed by atoms with van der Waals surface area (Å²) >= 11 is 4.60. The third-order valence-electron chi connectivity index (χ3n) is 5.05. The van der Waals surface area contributed by atoms with Crippen LogP contribution in [0.4, 0.5) is 24.0 Å². The molecule has 244 valence electrons. The Morgan fingerprint density at radius 3 is 1.33 bits per heavy atom. The Bertz CT molecular complexity index is 880. The number of likely N-dealkylation sites (tertiary alicyclic amines) is 2. The first kappa shape index (κ1) is 38.8. The van der Waals surface area contributed by atoms with E-state index in [1.54, 1.807) is 4.90 Å². The lowest BCUT2D eigenvalue weighted by molar-refractivity contribution is 0.00513. The molecule has 0 atom stereocenters. The van der Waals surface area contributed by atoms with Crippen LogP contribution in [0.2, 0.25) is 0 Å². The lowest BCUT2D eigenvalue weighted by Crippen LogP contribution is -2.61. The molecule has 0 radical (unpaired) electrons. The second-order valence-electron chi connectivity index (χ2n) is 11.3. The van der Waals surface area contributed by atoms with Crippen molar-refractivity contribution in [1.82, 2.24) is 25.8 Å². The van der Waals surface area contributed by atoms with Gasteiger partial charge in [0.25, 0.3) is 0 Å². The number of hydrogen-bond donors (Lipinski definition) is 4. The summed E-state index contributed by atoms with van der Waals surface area (Å²) < 4.78 is 23.0. The Morgan fingerprint density at radius 1 is 0.714 bits per heavy atom. The monoisotopic (exact) mass is 626 g/mol. The van der Waals surface area contributed by atoms with Gasteiger partial charge < -0.3 is 55.2 Å². The topological polar surface area (TPSA) is 200 Å². The highest BCUT2D eigenvalue weighted by Crippen LogP contribution is 2.15. The maximum atomic E-state index is 11.5. The number of methoxy groups -OCH3 is 3. The van der Waals surface area contributed by atoms with Gasteiger partial charge in [-0.3, -0.25) is 0 Å². The third-order valence-corrected chi connectivity index (χ3v) is 5.21. The quantitative estimate of drug-likeness (QED) is 0.256. The first-order valence-corrected chi connectivity index (χ1v) is 13.5. The molecule has 17 heteroatoms. The zero-order valence-corrected chi connectivity index (χ0v) is 26.7. The van der Waals surface area contributed by atoms with Crippen molar-refractivity contribution in [2.75, 3.05) is 60.6 Å². The Hall–Kier alpha value is -3.24. The minimum Gasteiger partial charge on any atom is -0.457 e. The second kappa shape index (κ2) is 18.3. The molecule has 3 heterocycles. The number of rotatable bonds is 2. The number of nitrogens with two attached hydrogens (primary N) is 1. The van der Waals surface area contributed by atoms with E-state index in [9.17, 15) is 24.0 Å². The van der Waals surface area contributed by atoms with E-state index < -0.39 is 22.7 Å². The molecule has 0 saturated carbocycles. The maximum Gasteiger partial charge on any atom is 0.410 e. The van der Waals surface area contributed by atoms with Gasteiger partial charge in [-0.1, -0.05) is 0 Å². The summed E-state index contributed by atoms with van der Waals surface area (Å²) in [4.78, 5) is 56.5. The van der Waals surface area contributed by atoms with Gasteiger partial charge in [0, 0.05) is 56.9 Å². The number of alkyl carbamates (subject to hydrolysis) is 2. The molecule has 3 aliphatic rings. The number of amides is 4. The molecule has 0 spiro atoms. The van der Waals surface area contributed by atoms with E-state index in [1.165, 1.54) is 26.2 Å². The molecule has 0 aromatic carbocycles. The van der Waals surface area contributed by atoms with Crippen molar-refractivity contribution in [3.63, 3.8) is 0 Å². The first-order chi connectivity index (χ1) is 19.3. The van der Waals surface area contributed by atoms with Crippen LogP contribution in [0, 0.1) is 0 Å². The van der Waals surface area contributed by atoms with Crippen molar-refractivity contribution in [3.05, 3.63) is 0 Å². The van der Waals surface area contributed by atoms with Gasteiger partial charge in [-0.05, 0) is 41.5 Å². The van der Waals surface area contributed by atoms with E-state index >= 15 is 0 Å². The normalized spacial score (nSPS) is 16.4. The molecule has 0 bridgehead atoms. The number of nitrogens with zero attached hydrogens (tertiary/aromatic N) is 2. The highest BCUT2D eigenvalue weighted by molar-refractivity contribution is 6.61. The number of halogens is 1. The summed E-state index contributed by atoms with van der Waals surface area (Å²) in [6.07, 6.45) is -1.44. The standard InChI is InChI=1S/C10H18N2O4.C8H16N2O2.C5H10N2O2.C2H3ClO2/c1-10(2,3)16-9(14)12-5-7(6-12)11-8(13)15-4;1-8(2,3)12-7(11)10-4-6(9)5-10;1-9-5(8)7-4-2-6-3-4;1-5-2(3)4/h7H,5-6H2,1-4H3,(H,11,13);6H,4-5,9H2,1-3H3;4,6H,2-3H2,1H3,(H,7,8);1H3. The Morgan fingerprint density at radius 2 is 1.07 bits per heavy atom. The molecule has 3 saturated heterocycles. The summed E-state index contributed by atoms with van der Waals surface area (Å²) in [6, 6.07) is 0.370. The van der Waals surface area contributed by atoms with Gasteiger partial charge in [0.1, 0.15) is 11.2 Å². The molecule has 0 unspecified atom stereocenters. The average Bonchev–Trinajstić information content (AvgIpc) is 2.79. The van der Waals surface area contributed by atoms with Gasteiger partial charge in [-0.25, -0.2) is 24.0 Å². The summed E-state index contributed by atoms with van der Waals surface area (Å²) in [6.45, 7) is 14.9. The average molecular weight is 627 g/mol. The zero-order chi connectivity index (χ0) is 32.7. The van der Waals surface area contributed by atoms with Crippen molar-refractivity contribution in [3.8, 4) is 0 Å². The maximum absolute atomic E-state index is 11.5. The van der Waals surface area contributed by atoms with Crippen molar-refractivity contribution < 1.29 is 47.7 Å². The van der Waals surface area contributed by atoms with Crippen LogP contribution in [0.3, 0.4) is 0 Å². The van der Waals surface area contributed by atoms with Crippen LogP contribution in [-0.4, -0.2) is 130 Å². The minimum atomic E-state index is -0.773. The van der Waals surface area contributed by atoms with E-state index in [1.807, 2.05) is 41.5 Å². The SMILES string of the molecule is CC(C)(C)OC(=O)N1CC(N)C1.COC(=O)Cl.COC(=O)NC1CN(C(=O)OC(C)(C)C)C1.COC(=O)NC1CNC1. The Labute approximate surface area is 252 Å². The molecule has 0 aliphatic carbocycles. The molecule has 4 amide bonds. The van der Waals surface area contributed by atoms with Crippen LogP contribution in [-0.2, 0) is 23.7 Å². The number of ether oxygens (including phenoxy) is 5. The van der Waals surface area contributed by atoms with E-state index in [4.69, 9.17) is 15.2 Å². The van der Waals surface area contributed by atoms with Gasteiger partial charge in [0.2, 0.25) is 0 Å². The highest BCUT2D eigenvalue weighted by atomic mass is 35.5. The van der Waals surface area contributed by atoms with E-state index in [0.29, 0.717) is 26.2 Å². The predicted octanol–water partition coefficient (Wildman–Crippen LogP) is 1.83. The van der Waals surface area contributed by atoms with Crippen molar-refractivity contribution in [1.29, 1.82) is 0 Å². The summed E-state index contributed by atoms with van der Waals surface area (Å²) in [5, 5.41) is 8.27. The first-order valence-electron chi connectivity index (χ1n) is 13.1. The van der Waals surface area contributed by atoms with Crippen molar-refractivity contribution >= 4 is 41.4 Å². The molecule has 3 aliphatic heterocycles. The van der Waals surface area contributed by atoms with Crippen LogP contribution >= 0.6 is 11.6 Å². The Kier molecular flexibility index (Phi) is 16.9. The van der Waals surface area contributed by atoms with Crippen molar-refractivity contribution in [2.24, 2.45) is 5.73 Å². The van der Waals surface area contributed by atoms with Crippen LogP contribution in [0.5, 0.6) is 0 Å². The smallest absolute Gasteiger partial charge is 0.410 e. The highest BCUT2D eigenvalue weighted by Gasteiger charge is 2.34. The molecule has 0 aromatic heterocycles. The molecule has 42 heavy (non-hydrogen) atoms. The van der Waals surface area contributed by atoms with Crippen molar-refractivity contribution in [2.45, 2.75) is 70.9 Å². The predicted molar refractivity (Wildman–Crippen MR) is 153 cm³/mol. The Balaban J connectivity index is 0.000000572. The molecule has 16 nitrogen and oxygen atoms in total. The van der Waals surface area contributed by atoms with Crippen LogP contribution < -0.4 is 21.7 Å². The van der Waals surface area contributed by atoms with Gasteiger partial charge >= 0.3 is 29.8 Å². The summed E-state index contributed by atoms with van der Waals surface area (Å²) in [5.41, 5.74) is 3.85. The largest absolute Gasteiger partial charge is 0.457 e. The molecule has 5 N–H and O–H groups in total. The van der Waals surface area contributed by atoms with E-state index in [2.05, 4.69) is 41.8 Å². The van der Waals surface area contributed by atoms with Gasteiger partial charge in [0.05, 0.1) is 33.4 Å². The fourth-order valence-corrected chi connectivity index (χ4v) is 2.88. The zero-order valence-electron chi connectivity index (χ0n) is 25.9. The number of carbonyl (C=O) groups is 5. The number of nitrogens with one attached hydrogen (secondary N) is 3. The van der Waals surface area contributed by atoms with Gasteiger partial charge in [-0.15, -0.1) is 0 Å². The lowest BCUT2D eigenvalue weighted by atomic mass is 10.1. The molecular formula is C25H47ClN6O10. The van der Waals surface area contributed by atoms with Crippen LogP contribution in [0.25, 0.3) is 0 Å². The third kappa shape index (κ3) is 18.2. The molecule has 0 aromatic rings. The van der Waals surface area contributed by atoms with Crippen LogP contribution in [0.15, 0.2) is 0 Å². The minimum absolute atomic E-state index is 0.0417. The second-order valence-corrected chi connectivity index (χ2v) is 11.6. The number of hydrogen-bond acceptors (Lipinski definition) is 12. The van der Waals surface area contributed by atoms with E-state index in [0.717, 1.165) is 13.1 Å². The van der Waals surface area contributed by atoms with E-state index in [-0.39, 0.29) is 36.4 Å². The van der Waals surface area contributed by atoms with Gasteiger partial charge in [0.15, 0.2) is 0 Å². The van der Waals surface area contributed by atoms with Crippen LogP contribution in [0.1, 0.15) is 41.5 Å². The fourth-order valence-electron chi connectivity index (χ4n) is 2.88. The number of carbonyl (C=O) groups excluding carboxylic acids is 5. The molecular weight excluding hydrogens is 580 g/mol.